The third-order valence-electron chi connectivity index (χ3n) is 9.04. The van der Waals surface area contributed by atoms with Crippen molar-refractivity contribution in [3.63, 3.8) is 0 Å². The topological polar surface area (TPSA) is 32.7 Å². The fourth-order valence-electron chi connectivity index (χ4n) is 6.63. The van der Waals surface area contributed by atoms with E-state index in [2.05, 4.69) is 119 Å². The molecule has 0 aromatic heterocycles. The van der Waals surface area contributed by atoms with Gasteiger partial charge in [-0.1, -0.05) is 146 Å². The number of hydrazone groups is 1. The number of amides is 1. The lowest BCUT2D eigenvalue weighted by molar-refractivity contribution is -0.120. The molecular weight excluding hydrogens is 548 g/mol. The highest BCUT2D eigenvalue weighted by Gasteiger charge is 2.60. The Hall–Kier alpha value is -5.28. The Labute approximate surface area is 265 Å². The number of hydrogen-bond donors (Lipinski definition) is 0. The highest BCUT2D eigenvalue weighted by atomic mass is 16.2. The van der Waals surface area contributed by atoms with Crippen molar-refractivity contribution >= 4 is 34.0 Å². The minimum absolute atomic E-state index is 0.0774. The second kappa shape index (κ2) is 11.3. The van der Waals surface area contributed by atoms with Crippen LogP contribution in [0.2, 0.25) is 0 Å². The second-order valence-corrected chi connectivity index (χ2v) is 12.4. The van der Waals surface area contributed by atoms with Crippen LogP contribution in [0, 0.1) is 19.3 Å². The number of carbonyl (C=O) groups is 1. The monoisotopic (exact) mass is 584 g/mol. The molecule has 1 amide bonds. The normalized spacial score (nSPS) is 17.8. The molecule has 1 spiro atoms. The van der Waals surface area contributed by atoms with Crippen LogP contribution in [0.3, 0.4) is 0 Å². The van der Waals surface area contributed by atoms with E-state index >= 15 is 4.79 Å². The summed E-state index contributed by atoms with van der Waals surface area (Å²) in [6.07, 6.45) is 2.23. The number of hydrogen-bond acceptors (Lipinski definition) is 2. The van der Waals surface area contributed by atoms with Gasteiger partial charge in [-0.15, -0.1) is 0 Å². The van der Waals surface area contributed by atoms with Gasteiger partial charge in [0, 0.05) is 0 Å². The highest BCUT2D eigenvalue weighted by Crippen LogP contribution is 2.60. The van der Waals surface area contributed by atoms with Crippen LogP contribution in [0.4, 0.5) is 5.69 Å². The molecule has 0 saturated heterocycles. The zero-order valence-corrected chi connectivity index (χ0v) is 26.2. The molecule has 1 aliphatic heterocycles. The van der Waals surface area contributed by atoms with E-state index in [1.165, 1.54) is 16.7 Å². The van der Waals surface area contributed by atoms with Crippen molar-refractivity contribution in [3.05, 3.63) is 178 Å². The second-order valence-electron chi connectivity index (χ2n) is 12.4. The van der Waals surface area contributed by atoms with Crippen LogP contribution in [0.15, 0.2) is 145 Å². The van der Waals surface area contributed by atoms with E-state index in [0.29, 0.717) is 5.92 Å². The van der Waals surface area contributed by atoms with Crippen molar-refractivity contribution in [3.8, 4) is 0 Å². The summed E-state index contributed by atoms with van der Waals surface area (Å²) in [5.41, 5.74) is 10.8. The number of benzene rings is 5. The first-order valence-electron chi connectivity index (χ1n) is 15.6. The third-order valence-corrected chi connectivity index (χ3v) is 9.04. The molecule has 1 aliphatic carbocycles. The van der Waals surface area contributed by atoms with Crippen molar-refractivity contribution in [2.24, 2.45) is 10.5 Å². The van der Waals surface area contributed by atoms with E-state index in [1.807, 2.05) is 48.5 Å². The molecule has 45 heavy (non-hydrogen) atoms. The van der Waals surface area contributed by atoms with Crippen LogP contribution in [-0.4, -0.2) is 11.6 Å². The van der Waals surface area contributed by atoms with Crippen LogP contribution in [0.1, 0.15) is 58.7 Å². The minimum Gasteiger partial charge on any atom is -0.271 e. The van der Waals surface area contributed by atoms with E-state index in [-0.39, 0.29) is 5.91 Å². The summed E-state index contributed by atoms with van der Waals surface area (Å²) < 4.78 is 0. The van der Waals surface area contributed by atoms with Gasteiger partial charge in [-0.3, -0.25) is 4.79 Å². The van der Waals surface area contributed by atoms with Crippen LogP contribution in [0.25, 0.3) is 16.7 Å². The summed E-state index contributed by atoms with van der Waals surface area (Å²) in [6.45, 7) is 8.55. The minimum atomic E-state index is -1.19. The number of carbonyl (C=O) groups excluding carboxylic acids is 1. The number of anilines is 1. The molecule has 0 unspecified atom stereocenters. The summed E-state index contributed by atoms with van der Waals surface area (Å²) in [4.78, 5) is 15.5. The zero-order valence-electron chi connectivity index (χ0n) is 26.2. The van der Waals surface area contributed by atoms with E-state index < -0.39 is 5.41 Å². The fraction of sp³-hybridized carbons (Fsp3) is 0.143. The van der Waals surface area contributed by atoms with Crippen molar-refractivity contribution in [2.45, 2.75) is 33.6 Å². The molecule has 5 aromatic carbocycles. The maximum Gasteiger partial charge on any atom is 0.268 e. The summed E-state index contributed by atoms with van der Waals surface area (Å²) in [7, 11) is 0. The molecule has 3 nitrogen and oxygen atoms in total. The van der Waals surface area contributed by atoms with Crippen molar-refractivity contribution < 1.29 is 4.79 Å². The molecule has 3 heteroatoms. The molecule has 220 valence electrons. The van der Waals surface area contributed by atoms with Crippen molar-refractivity contribution in [1.82, 2.24) is 0 Å². The number of nitrogens with zero attached hydrogens (tertiary/aromatic N) is 2. The lowest BCUT2D eigenvalue weighted by Crippen LogP contribution is -2.41. The number of allylic oxidation sites excluding steroid dienone is 2. The van der Waals surface area contributed by atoms with Gasteiger partial charge in [-0.05, 0) is 82.5 Å². The SMILES string of the molecule is Cc1ccc(C2=C(c3ccc(C)cc3)[C@]3(C(=O)N(c4ccc(C(C)C)cc4)N=C3c3ccccc3)C(c3ccccc3)=C2)cc1. The molecule has 0 N–H and O–H groups in total. The molecule has 0 radical (unpaired) electrons. The van der Waals surface area contributed by atoms with Crippen LogP contribution >= 0.6 is 0 Å². The Morgan fingerprint density at radius 3 is 1.69 bits per heavy atom. The van der Waals surface area contributed by atoms with E-state index in [0.717, 1.165) is 50.4 Å². The summed E-state index contributed by atoms with van der Waals surface area (Å²) in [5.74, 6) is 0.310. The first-order valence-corrected chi connectivity index (χ1v) is 15.6. The standard InChI is InChI=1S/C42H36N2O/c1-28(2)31-23-25-36(26-24-31)44-41(45)42(40(43-44)35-13-9-6-10-14-35)38(33-11-7-5-8-12-33)27-37(32-19-15-29(3)16-20-32)39(42)34-21-17-30(4)18-22-34/h5-28H,1-4H3/t42-/m1/s1. The van der Waals surface area contributed by atoms with Gasteiger partial charge in [0.1, 0.15) is 5.41 Å². The third kappa shape index (κ3) is 4.76. The predicted molar refractivity (Wildman–Crippen MR) is 187 cm³/mol. The zero-order chi connectivity index (χ0) is 31.1. The molecule has 7 rings (SSSR count). The summed E-state index contributed by atoms with van der Waals surface area (Å²) >= 11 is 0. The molecular formula is C42H36N2O. The van der Waals surface area contributed by atoms with Gasteiger partial charge in [-0.25, -0.2) is 0 Å². The first kappa shape index (κ1) is 28.5. The van der Waals surface area contributed by atoms with Gasteiger partial charge < -0.3 is 0 Å². The molecule has 5 aromatic rings. The highest BCUT2D eigenvalue weighted by molar-refractivity contribution is 6.42. The molecule has 1 heterocycles. The van der Waals surface area contributed by atoms with Gasteiger partial charge in [0.05, 0.1) is 11.4 Å². The van der Waals surface area contributed by atoms with Gasteiger partial charge in [0.2, 0.25) is 0 Å². The number of rotatable bonds is 6. The lowest BCUT2D eigenvalue weighted by Gasteiger charge is -2.32. The Morgan fingerprint density at radius 1 is 0.600 bits per heavy atom. The van der Waals surface area contributed by atoms with Gasteiger partial charge in [0.15, 0.2) is 0 Å². The van der Waals surface area contributed by atoms with E-state index in [1.54, 1.807) is 5.01 Å². The molecule has 1 atom stereocenters. The smallest absolute Gasteiger partial charge is 0.268 e. The average Bonchev–Trinajstić information content (AvgIpc) is 3.58. The van der Waals surface area contributed by atoms with Gasteiger partial charge >= 0.3 is 0 Å². The quantitative estimate of drug-likeness (QED) is 0.195. The average molecular weight is 585 g/mol. The lowest BCUT2D eigenvalue weighted by atomic mass is 9.66. The van der Waals surface area contributed by atoms with Crippen LogP contribution in [0.5, 0.6) is 0 Å². The van der Waals surface area contributed by atoms with Crippen molar-refractivity contribution in [2.75, 3.05) is 5.01 Å². The summed E-state index contributed by atoms with van der Waals surface area (Å²) in [6, 6.07) is 45.9. The molecule has 0 bridgehead atoms. The summed E-state index contributed by atoms with van der Waals surface area (Å²) in [5, 5.41) is 6.89. The maximum absolute atomic E-state index is 15.5. The van der Waals surface area contributed by atoms with Crippen LogP contribution < -0.4 is 5.01 Å². The molecule has 0 saturated carbocycles. The van der Waals surface area contributed by atoms with Crippen LogP contribution in [-0.2, 0) is 4.79 Å². The number of aryl methyl sites for hydroxylation is 2. The predicted octanol–water partition coefficient (Wildman–Crippen LogP) is 9.87. The van der Waals surface area contributed by atoms with Gasteiger partial charge in [-0.2, -0.15) is 10.1 Å². The van der Waals surface area contributed by atoms with Gasteiger partial charge in [0.25, 0.3) is 5.91 Å². The van der Waals surface area contributed by atoms with E-state index in [4.69, 9.17) is 5.10 Å². The Morgan fingerprint density at radius 2 is 1.13 bits per heavy atom. The molecule has 2 aliphatic rings. The van der Waals surface area contributed by atoms with E-state index in [9.17, 15) is 0 Å². The first-order chi connectivity index (χ1) is 21.9. The van der Waals surface area contributed by atoms with Crippen molar-refractivity contribution in [1.29, 1.82) is 0 Å². The Balaban J connectivity index is 1.57. The Kier molecular flexibility index (Phi) is 7.17. The maximum atomic E-state index is 15.5. The largest absolute Gasteiger partial charge is 0.271 e. The Bertz CT molecular complexity index is 1960. The fourth-order valence-corrected chi connectivity index (χ4v) is 6.63. The molecule has 0 fully saturated rings.